The molecule has 0 radical (unpaired) electrons. The van der Waals surface area contributed by atoms with Crippen LogP contribution in [0.4, 0.5) is 0 Å². The minimum Gasteiger partial charge on any atom is -0.493 e. The third kappa shape index (κ3) is 5.59. The van der Waals surface area contributed by atoms with Crippen molar-refractivity contribution in [1.29, 1.82) is 0 Å². The molecule has 0 bridgehead atoms. The summed E-state index contributed by atoms with van der Waals surface area (Å²) < 4.78 is 23.9. The van der Waals surface area contributed by atoms with Gasteiger partial charge in [0.05, 0.1) is 33.5 Å². The number of benzene rings is 2. The maximum absolute atomic E-state index is 6.77. The first-order chi connectivity index (χ1) is 16.4. The van der Waals surface area contributed by atoms with E-state index in [0.717, 1.165) is 36.8 Å². The van der Waals surface area contributed by atoms with Gasteiger partial charge in [-0.15, -0.1) is 0 Å². The number of rotatable bonds is 9. The van der Waals surface area contributed by atoms with Crippen molar-refractivity contribution in [2.24, 2.45) is 11.8 Å². The Morgan fingerprint density at radius 1 is 0.971 bits per heavy atom. The molecular formula is C29H41NO4. The van der Waals surface area contributed by atoms with E-state index in [-0.39, 0.29) is 11.8 Å². The van der Waals surface area contributed by atoms with E-state index in [9.17, 15) is 0 Å². The molecule has 0 aromatic heterocycles. The molecule has 2 aliphatic rings. The van der Waals surface area contributed by atoms with Crippen molar-refractivity contribution in [3.05, 3.63) is 59.7 Å². The van der Waals surface area contributed by atoms with E-state index < -0.39 is 0 Å². The van der Waals surface area contributed by atoms with Crippen LogP contribution in [-0.2, 0) is 22.5 Å². The number of nitrogens with zero attached hydrogens (tertiary/aromatic N) is 1. The number of ether oxygens (including phenoxy) is 4. The van der Waals surface area contributed by atoms with Gasteiger partial charge in [0.15, 0.2) is 11.5 Å². The molecule has 1 heterocycles. The van der Waals surface area contributed by atoms with Gasteiger partial charge in [0, 0.05) is 18.0 Å². The Morgan fingerprint density at radius 2 is 1.74 bits per heavy atom. The monoisotopic (exact) mass is 467 g/mol. The average Bonchev–Trinajstić information content (AvgIpc) is 2.83. The van der Waals surface area contributed by atoms with Gasteiger partial charge in [-0.25, -0.2) is 0 Å². The Balaban J connectivity index is 1.49. The van der Waals surface area contributed by atoms with Gasteiger partial charge in [0.1, 0.15) is 6.23 Å². The van der Waals surface area contributed by atoms with E-state index in [4.69, 9.17) is 18.9 Å². The Labute approximate surface area is 205 Å². The van der Waals surface area contributed by atoms with Crippen molar-refractivity contribution < 1.29 is 18.9 Å². The van der Waals surface area contributed by atoms with Crippen molar-refractivity contribution in [2.75, 3.05) is 27.4 Å². The lowest BCUT2D eigenvalue weighted by Gasteiger charge is -2.57. The van der Waals surface area contributed by atoms with Crippen LogP contribution < -0.4 is 9.47 Å². The van der Waals surface area contributed by atoms with Crippen molar-refractivity contribution in [3.63, 3.8) is 0 Å². The highest BCUT2D eigenvalue weighted by Gasteiger charge is 2.50. The van der Waals surface area contributed by atoms with Crippen molar-refractivity contribution >= 4 is 0 Å². The highest BCUT2D eigenvalue weighted by molar-refractivity contribution is 5.43. The molecule has 34 heavy (non-hydrogen) atoms. The SMILES string of the molecule is COc1ccc(CCN2C(COCc3ccccc3)OC3CC(C)CCC3C2(C)C)cc1OC. The maximum Gasteiger partial charge on any atom is 0.160 e. The average molecular weight is 468 g/mol. The van der Waals surface area contributed by atoms with E-state index in [1.165, 1.54) is 24.0 Å². The van der Waals surface area contributed by atoms with Gasteiger partial charge in [-0.3, -0.25) is 4.90 Å². The van der Waals surface area contributed by atoms with Crippen LogP contribution in [0.5, 0.6) is 11.5 Å². The molecule has 5 heteroatoms. The Hall–Kier alpha value is -2.08. The predicted octanol–water partition coefficient (Wildman–Crippen LogP) is 5.70. The number of fused-ring (bicyclic) bond motifs is 1. The molecule has 1 aliphatic carbocycles. The Bertz CT molecular complexity index is 916. The van der Waals surface area contributed by atoms with Crippen LogP contribution in [0, 0.1) is 11.8 Å². The fraction of sp³-hybridized carbons (Fsp3) is 0.586. The summed E-state index contributed by atoms with van der Waals surface area (Å²) in [6, 6.07) is 16.6. The zero-order valence-corrected chi connectivity index (χ0v) is 21.5. The number of hydrogen-bond acceptors (Lipinski definition) is 5. The van der Waals surface area contributed by atoms with Crippen LogP contribution in [0.1, 0.15) is 51.2 Å². The van der Waals surface area contributed by atoms with E-state index in [0.29, 0.717) is 25.2 Å². The summed E-state index contributed by atoms with van der Waals surface area (Å²) in [5, 5.41) is 0. The molecule has 4 unspecified atom stereocenters. The van der Waals surface area contributed by atoms with Crippen LogP contribution in [-0.4, -0.2) is 50.1 Å². The lowest BCUT2D eigenvalue weighted by molar-refractivity contribution is -0.247. The summed E-state index contributed by atoms with van der Waals surface area (Å²) in [5.41, 5.74) is 2.47. The van der Waals surface area contributed by atoms with E-state index in [1.807, 2.05) is 12.1 Å². The van der Waals surface area contributed by atoms with E-state index >= 15 is 0 Å². The first-order valence-electron chi connectivity index (χ1n) is 12.7. The molecule has 4 atom stereocenters. The summed E-state index contributed by atoms with van der Waals surface area (Å²) in [5.74, 6) is 2.80. The molecule has 4 rings (SSSR count). The summed E-state index contributed by atoms with van der Waals surface area (Å²) >= 11 is 0. The highest BCUT2D eigenvalue weighted by atomic mass is 16.6. The van der Waals surface area contributed by atoms with Crippen LogP contribution in [0.25, 0.3) is 0 Å². The van der Waals surface area contributed by atoms with Gasteiger partial charge >= 0.3 is 0 Å². The van der Waals surface area contributed by atoms with Gasteiger partial charge < -0.3 is 18.9 Å². The second kappa shape index (κ2) is 11.1. The van der Waals surface area contributed by atoms with E-state index in [1.54, 1.807) is 14.2 Å². The smallest absolute Gasteiger partial charge is 0.160 e. The molecule has 1 aliphatic heterocycles. The molecule has 0 N–H and O–H groups in total. The summed E-state index contributed by atoms with van der Waals surface area (Å²) in [4.78, 5) is 2.55. The highest BCUT2D eigenvalue weighted by Crippen LogP contribution is 2.45. The number of methoxy groups -OCH3 is 2. The minimum atomic E-state index is -0.0505. The van der Waals surface area contributed by atoms with Gasteiger partial charge in [-0.2, -0.15) is 0 Å². The standard InChI is InChI=1S/C29H41NO4/c1-21-11-13-24-26(17-21)34-28(20-33-19-23-9-7-6-8-10-23)30(29(24,2)3)16-15-22-12-14-25(31-4)27(18-22)32-5/h6-10,12,14,18,21,24,26,28H,11,13,15-17,19-20H2,1-5H3. The van der Waals surface area contributed by atoms with Crippen molar-refractivity contribution in [2.45, 2.75) is 70.9 Å². The lowest BCUT2D eigenvalue weighted by atomic mass is 9.69. The zero-order valence-electron chi connectivity index (χ0n) is 21.5. The molecule has 2 aromatic rings. The molecule has 1 saturated carbocycles. The number of hydrogen-bond donors (Lipinski definition) is 0. The van der Waals surface area contributed by atoms with Crippen LogP contribution in [0.3, 0.4) is 0 Å². The zero-order chi connectivity index (χ0) is 24.1. The first kappa shape index (κ1) is 25.0. The van der Waals surface area contributed by atoms with Gasteiger partial charge in [0.25, 0.3) is 0 Å². The van der Waals surface area contributed by atoms with Gasteiger partial charge in [-0.1, -0.05) is 49.7 Å². The normalized spacial score (nSPS) is 26.6. The third-order valence-electron chi connectivity index (χ3n) is 7.84. The topological polar surface area (TPSA) is 40.2 Å². The quantitative estimate of drug-likeness (QED) is 0.473. The van der Waals surface area contributed by atoms with Crippen molar-refractivity contribution in [1.82, 2.24) is 4.90 Å². The minimum absolute atomic E-state index is 0.0421. The second-order valence-corrected chi connectivity index (χ2v) is 10.4. The molecule has 0 spiro atoms. The van der Waals surface area contributed by atoms with Crippen LogP contribution in [0.15, 0.2) is 48.5 Å². The molecule has 5 nitrogen and oxygen atoms in total. The molecule has 186 valence electrons. The van der Waals surface area contributed by atoms with Crippen LogP contribution in [0.2, 0.25) is 0 Å². The predicted molar refractivity (Wildman–Crippen MR) is 135 cm³/mol. The molecule has 2 aromatic carbocycles. The largest absolute Gasteiger partial charge is 0.493 e. The molecule has 0 amide bonds. The Kier molecular flexibility index (Phi) is 8.18. The Morgan fingerprint density at radius 3 is 2.47 bits per heavy atom. The van der Waals surface area contributed by atoms with E-state index in [2.05, 4.69) is 62.1 Å². The van der Waals surface area contributed by atoms with Gasteiger partial charge in [-0.05, 0) is 62.3 Å². The summed E-state index contributed by atoms with van der Waals surface area (Å²) in [6.45, 7) is 9.25. The molecule has 1 saturated heterocycles. The first-order valence-corrected chi connectivity index (χ1v) is 12.7. The summed E-state index contributed by atoms with van der Waals surface area (Å²) in [7, 11) is 3.36. The fourth-order valence-corrected chi connectivity index (χ4v) is 5.85. The van der Waals surface area contributed by atoms with Crippen molar-refractivity contribution in [3.8, 4) is 11.5 Å². The summed E-state index contributed by atoms with van der Waals surface area (Å²) in [6.07, 6.45) is 4.82. The fourth-order valence-electron chi connectivity index (χ4n) is 5.85. The molecule has 2 fully saturated rings. The third-order valence-corrected chi connectivity index (χ3v) is 7.84. The molecular weight excluding hydrogens is 426 g/mol. The lowest BCUT2D eigenvalue weighted by Crippen LogP contribution is -2.65. The van der Waals surface area contributed by atoms with Crippen LogP contribution >= 0.6 is 0 Å². The maximum atomic E-state index is 6.77. The second-order valence-electron chi connectivity index (χ2n) is 10.4. The van der Waals surface area contributed by atoms with Gasteiger partial charge in [0.2, 0.25) is 0 Å².